The van der Waals surface area contributed by atoms with Crippen LogP contribution in [0.1, 0.15) is 23.4 Å². The number of nitrogens with zero attached hydrogens (tertiary/aromatic N) is 3. The Kier molecular flexibility index (Phi) is 5.56. The van der Waals surface area contributed by atoms with E-state index in [-0.39, 0.29) is 31.0 Å². The van der Waals surface area contributed by atoms with Gasteiger partial charge in [0, 0.05) is 36.5 Å². The molecule has 3 heterocycles. The molecular formula is C18H15F4N5O. The Bertz CT molecular complexity index is 908. The van der Waals surface area contributed by atoms with E-state index in [0.29, 0.717) is 16.8 Å². The van der Waals surface area contributed by atoms with Crippen LogP contribution >= 0.6 is 0 Å². The number of pyridine rings is 2. The fourth-order valence-electron chi connectivity index (χ4n) is 2.84. The molecule has 0 aliphatic carbocycles. The summed E-state index contributed by atoms with van der Waals surface area (Å²) >= 11 is 0. The zero-order valence-electron chi connectivity index (χ0n) is 14.4. The topological polar surface area (TPSA) is 90.7 Å². The molecule has 0 aromatic carbocycles. The summed E-state index contributed by atoms with van der Waals surface area (Å²) in [4.78, 5) is 19.5. The summed E-state index contributed by atoms with van der Waals surface area (Å²) in [7, 11) is 0. The number of amides is 1. The normalized spacial score (nSPS) is 19.2. The van der Waals surface area contributed by atoms with Crippen LogP contribution in [0.3, 0.4) is 0 Å². The Morgan fingerprint density at radius 1 is 1.32 bits per heavy atom. The molecule has 28 heavy (non-hydrogen) atoms. The Hall–Kier alpha value is -3.06. The number of rotatable bonds is 4. The van der Waals surface area contributed by atoms with E-state index >= 15 is 0 Å². The maximum Gasteiger partial charge on any atom is 0.433 e. The predicted molar refractivity (Wildman–Crippen MR) is 90.3 cm³/mol. The monoisotopic (exact) mass is 393 g/mol. The standard InChI is InChI=1S/C18H15F4N5O/c19-12-3-15(25-8-12)17(28)27-9-13-4-14(11(5-23)7-24-13)10-1-2-16(26-6-10)18(20,21)22/h1-2,4,6-7,12,15,25H,3,8-9H2,(H,27,28). The van der Waals surface area contributed by atoms with Crippen molar-refractivity contribution in [2.75, 3.05) is 6.54 Å². The van der Waals surface area contributed by atoms with Crippen molar-refractivity contribution in [2.24, 2.45) is 0 Å². The van der Waals surface area contributed by atoms with Gasteiger partial charge in [-0.2, -0.15) is 18.4 Å². The molecule has 1 aliphatic rings. The molecule has 3 rings (SSSR count). The Labute approximate surface area is 157 Å². The molecule has 2 aromatic rings. The molecule has 146 valence electrons. The molecule has 6 nitrogen and oxygen atoms in total. The minimum atomic E-state index is -4.56. The second kappa shape index (κ2) is 7.90. The number of nitriles is 1. The number of carbonyl (C=O) groups excluding carboxylic acids is 1. The highest BCUT2D eigenvalue weighted by atomic mass is 19.4. The Morgan fingerprint density at radius 3 is 2.68 bits per heavy atom. The van der Waals surface area contributed by atoms with Crippen molar-refractivity contribution in [2.45, 2.75) is 31.4 Å². The summed E-state index contributed by atoms with van der Waals surface area (Å²) < 4.78 is 51.2. The number of halogens is 4. The first-order valence-electron chi connectivity index (χ1n) is 8.35. The fourth-order valence-corrected chi connectivity index (χ4v) is 2.84. The maximum absolute atomic E-state index is 13.2. The van der Waals surface area contributed by atoms with Gasteiger partial charge in [-0.05, 0) is 12.1 Å². The van der Waals surface area contributed by atoms with Gasteiger partial charge in [0.05, 0.1) is 23.8 Å². The van der Waals surface area contributed by atoms with Crippen LogP contribution < -0.4 is 10.6 Å². The molecule has 0 radical (unpaired) electrons. The molecule has 1 amide bonds. The first-order valence-corrected chi connectivity index (χ1v) is 8.35. The summed E-state index contributed by atoms with van der Waals surface area (Å²) in [5.41, 5.74) is 0.195. The van der Waals surface area contributed by atoms with E-state index in [1.54, 1.807) is 0 Å². The Morgan fingerprint density at radius 2 is 2.11 bits per heavy atom. The lowest BCUT2D eigenvalue weighted by molar-refractivity contribution is -0.141. The van der Waals surface area contributed by atoms with E-state index in [0.717, 1.165) is 12.3 Å². The third-order valence-corrected chi connectivity index (χ3v) is 4.28. The Balaban J connectivity index is 1.77. The third kappa shape index (κ3) is 4.43. The maximum atomic E-state index is 13.2. The number of hydrogen-bond donors (Lipinski definition) is 2. The number of alkyl halides is 4. The summed E-state index contributed by atoms with van der Waals surface area (Å²) in [6.45, 7) is 0.152. The predicted octanol–water partition coefficient (Wildman–Crippen LogP) is 2.35. The van der Waals surface area contributed by atoms with Gasteiger partial charge in [0.1, 0.15) is 17.9 Å². The molecule has 1 fully saturated rings. The van der Waals surface area contributed by atoms with E-state index < -0.39 is 24.1 Å². The minimum Gasteiger partial charge on any atom is -0.349 e. The lowest BCUT2D eigenvalue weighted by atomic mass is 10.0. The molecule has 10 heteroatoms. The van der Waals surface area contributed by atoms with Gasteiger partial charge in [-0.3, -0.25) is 14.8 Å². The van der Waals surface area contributed by atoms with Gasteiger partial charge in [-0.1, -0.05) is 6.07 Å². The van der Waals surface area contributed by atoms with Crippen molar-refractivity contribution in [3.63, 3.8) is 0 Å². The van der Waals surface area contributed by atoms with Crippen LogP contribution in [0.4, 0.5) is 17.6 Å². The van der Waals surface area contributed by atoms with Crippen LogP contribution in [-0.4, -0.2) is 34.6 Å². The average Bonchev–Trinajstić information content (AvgIpc) is 3.12. The van der Waals surface area contributed by atoms with Crippen LogP contribution in [0.15, 0.2) is 30.6 Å². The van der Waals surface area contributed by atoms with Gasteiger partial charge in [-0.15, -0.1) is 0 Å². The zero-order valence-corrected chi connectivity index (χ0v) is 14.4. The van der Waals surface area contributed by atoms with E-state index in [9.17, 15) is 27.6 Å². The van der Waals surface area contributed by atoms with E-state index in [2.05, 4.69) is 20.6 Å². The van der Waals surface area contributed by atoms with E-state index in [1.165, 1.54) is 18.3 Å². The van der Waals surface area contributed by atoms with Crippen LogP contribution in [0.25, 0.3) is 11.1 Å². The van der Waals surface area contributed by atoms with Gasteiger partial charge < -0.3 is 10.6 Å². The second-order valence-electron chi connectivity index (χ2n) is 6.27. The van der Waals surface area contributed by atoms with Crippen LogP contribution in [0, 0.1) is 11.3 Å². The molecular weight excluding hydrogens is 378 g/mol. The number of aromatic nitrogens is 2. The van der Waals surface area contributed by atoms with Crippen molar-refractivity contribution in [3.8, 4) is 17.2 Å². The minimum absolute atomic E-state index is 0.0285. The summed E-state index contributed by atoms with van der Waals surface area (Å²) in [5, 5.41) is 14.6. The van der Waals surface area contributed by atoms with Gasteiger partial charge in [0.25, 0.3) is 0 Å². The van der Waals surface area contributed by atoms with E-state index in [1.807, 2.05) is 6.07 Å². The van der Waals surface area contributed by atoms with Crippen molar-refractivity contribution in [3.05, 3.63) is 47.5 Å². The highest BCUT2D eigenvalue weighted by molar-refractivity contribution is 5.82. The van der Waals surface area contributed by atoms with E-state index in [4.69, 9.17) is 0 Å². The SMILES string of the molecule is N#Cc1cnc(CNC(=O)C2CC(F)CN2)cc1-c1ccc(C(F)(F)F)nc1. The number of nitrogens with one attached hydrogen (secondary N) is 2. The highest BCUT2D eigenvalue weighted by Gasteiger charge is 2.32. The molecule has 1 saturated heterocycles. The molecule has 1 aliphatic heterocycles. The molecule has 2 N–H and O–H groups in total. The summed E-state index contributed by atoms with van der Waals surface area (Å²) in [6, 6.07) is 4.86. The van der Waals surface area contributed by atoms with Crippen molar-refractivity contribution in [1.29, 1.82) is 5.26 Å². The van der Waals surface area contributed by atoms with Crippen molar-refractivity contribution < 1.29 is 22.4 Å². The highest BCUT2D eigenvalue weighted by Crippen LogP contribution is 2.30. The molecule has 2 unspecified atom stereocenters. The summed E-state index contributed by atoms with van der Waals surface area (Å²) in [5.74, 6) is -0.371. The van der Waals surface area contributed by atoms with Crippen molar-refractivity contribution >= 4 is 5.91 Å². The van der Waals surface area contributed by atoms with Gasteiger partial charge in [0.2, 0.25) is 5.91 Å². The molecule has 0 saturated carbocycles. The van der Waals surface area contributed by atoms with Crippen LogP contribution in [-0.2, 0) is 17.5 Å². The quantitative estimate of drug-likeness (QED) is 0.779. The number of hydrogen-bond acceptors (Lipinski definition) is 5. The first kappa shape index (κ1) is 19.7. The van der Waals surface area contributed by atoms with Crippen LogP contribution in [0.2, 0.25) is 0 Å². The molecule has 2 atom stereocenters. The molecule has 0 bridgehead atoms. The first-order chi connectivity index (χ1) is 13.3. The number of carbonyl (C=O) groups is 1. The molecule has 2 aromatic heterocycles. The van der Waals surface area contributed by atoms with Crippen molar-refractivity contribution in [1.82, 2.24) is 20.6 Å². The average molecular weight is 393 g/mol. The van der Waals surface area contributed by atoms with Crippen LogP contribution in [0.5, 0.6) is 0 Å². The lowest BCUT2D eigenvalue weighted by Gasteiger charge is -2.12. The largest absolute Gasteiger partial charge is 0.433 e. The van der Waals surface area contributed by atoms with Gasteiger partial charge in [0.15, 0.2) is 0 Å². The third-order valence-electron chi connectivity index (χ3n) is 4.28. The lowest BCUT2D eigenvalue weighted by Crippen LogP contribution is -2.40. The smallest absolute Gasteiger partial charge is 0.349 e. The molecule has 0 spiro atoms. The fraction of sp³-hybridized carbons (Fsp3) is 0.333. The van der Waals surface area contributed by atoms with Gasteiger partial charge in [-0.25, -0.2) is 4.39 Å². The zero-order chi connectivity index (χ0) is 20.3. The second-order valence-corrected chi connectivity index (χ2v) is 6.27. The summed E-state index contributed by atoms with van der Waals surface area (Å²) in [6.07, 6.45) is -3.22. The van der Waals surface area contributed by atoms with Gasteiger partial charge >= 0.3 is 6.18 Å².